The fourth-order valence-electron chi connectivity index (χ4n) is 9.40. The van der Waals surface area contributed by atoms with Crippen LogP contribution < -0.4 is 5.43 Å². The molecule has 5 rings (SSSR count). The summed E-state index contributed by atoms with van der Waals surface area (Å²) in [6.45, 7) is 12.7. The number of fused-ring (bicyclic) bond motifs is 5. The zero-order valence-electron chi connectivity index (χ0n) is 23.2. The zero-order chi connectivity index (χ0) is 24.6. The Hall–Kier alpha value is -1.57. The maximum absolute atomic E-state index is 4.98. The van der Waals surface area contributed by atoms with Crippen molar-refractivity contribution in [2.75, 3.05) is 5.43 Å². The van der Waals surface area contributed by atoms with E-state index in [0.717, 1.165) is 47.6 Å². The van der Waals surface area contributed by atoms with Crippen LogP contribution >= 0.6 is 0 Å². The van der Waals surface area contributed by atoms with Crippen molar-refractivity contribution in [3.63, 3.8) is 0 Å². The third-order valence-electron chi connectivity index (χ3n) is 11.2. The average Bonchev–Trinajstić information content (AvgIpc) is 3.20. The predicted octanol–water partition coefficient (Wildman–Crippen LogP) is 9.50. The number of allylic oxidation sites excluding steroid dienone is 2. The maximum atomic E-state index is 4.98. The minimum Gasteiger partial charge on any atom is -0.278 e. The molecule has 0 bridgehead atoms. The Morgan fingerprint density at radius 1 is 0.971 bits per heavy atom. The van der Waals surface area contributed by atoms with E-state index in [1.807, 2.05) is 0 Å². The molecule has 4 aliphatic rings. The first-order chi connectivity index (χ1) is 16.8. The molecule has 3 saturated carbocycles. The van der Waals surface area contributed by atoms with Crippen LogP contribution in [0.3, 0.4) is 0 Å². The lowest BCUT2D eigenvalue weighted by Gasteiger charge is -2.58. The summed E-state index contributed by atoms with van der Waals surface area (Å²) < 4.78 is 0. The molecule has 1 N–H and O–H groups in total. The van der Waals surface area contributed by atoms with Crippen molar-refractivity contribution in [2.24, 2.45) is 51.4 Å². The van der Waals surface area contributed by atoms with E-state index >= 15 is 0 Å². The largest absolute Gasteiger partial charge is 0.278 e. The van der Waals surface area contributed by atoms with Crippen molar-refractivity contribution in [3.8, 4) is 0 Å². The van der Waals surface area contributed by atoms with Gasteiger partial charge in [-0.2, -0.15) is 5.10 Å². The van der Waals surface area contributed by atoms with E-state index < -0.39 is 0 Å². The van der Waals surface area contributed by atoms with Crippen LogP contribution in [0.1, 0.15) is 105 Å². The zero-order valence-corrected chi connectivity index (χ0v) is 23.2. The Labute approximate surface area is 215 Å². The molecule has 0 saturated heterocycles. The quantitative estimate of drug-likeness (QED) is 0.391. The van der Waals surface area contributed by atoms with Crippen LogP contribution in [0.4, 0.5) is 5.69 Å². The Morgan fingerprint density at radius 3 is 2.54 bits per heavy atom. The van der Waals surface area contributed by atoms with Gasteiger partial charge in [0.25, 0.3) is 0 Å². The molecule has 5 unspecified atom stereocenters. The van der Waals surface area contributed by atoms with Crippen LogP contribution in [-0.4, -0.2) is 5.71 Å². The second-order valence-corrected chi connectivity index (χ2v) is 13.6. The number of para-hydroxylation sites is 1. The summed E-state index contributed by atoms with van der Waals surface area (Å²) in [6, 6.07) is 10.4. The highest BCUT2D eigenvalue weighted by atomic mass is 15.3. The van der Waals surface area contributed by atoms with Crippen molar-refractivity contribution >= 4 is 11.4 Å². The molecule has 7 atom stereocenters. The fourth-order valence-corrected chi connectivity index (χ4v) is 9.40. The van der Waals surface area contributed by atoms with Crippen LogP contribution in [0.2, 0.25) is 0 Å². The predicted molar refractivity (Wildman–Crippen MR) is 151 cm³/mol. The summed E-state index contributed by atoms with van der Waals surface area (Å²) >= 11 is 0. The Bertz CT molecular complexity index is 930. The van der Waals surface area contributed by atoms with Gasteiger partial charge in [-0.1, -0.05) is 78.2 Å². The van der Waals surface area contributed by atoms with Crippen molar-refractivity contribution in [1.29, 1.82) is 0 Å². The van der Waals surface area contributed by atoms with Crippen LogP contribution in [0.25, 0.3) is 0 Å². The lowest BCUT2D eigenvalue weighted by molar-refractivity contribution is -0.0454. The smallest absolute Gasteiger partial charge is 0.0641 e. The van der Waals surface area contributed by atoms with Gasteiger partial charge in [-0.3, -0.25) is 5.43 Å². The van der Waals surface area contributed by atoms with Gasteiger partial charge in [0.05, 0.1) is 11.4 Å². The second kappa shape index (κ2) is 10.1. The van der Waals surface area contributed by atoms with E-state index in [2.05, 4.69) is 76.5 Å². The maximum Gasteiger partial charge on any atom is 0.0641 e. The van der Waals surface area contributed by atoms with Gasteiger partial charge in [0.1, 0.15) is 0 Å². The van der Waals surface area contributed by atoms with Gasteiger partial charge < -0.3 is 0 Å². The first kappa shape index (κ1) is 25.1. The van der Waals surface area contributed by atoms with Crippen molar-refractivity contribution in [2.45, 2.75) is 105 Å². The summed E-state index contributed by atoms with van der Waals surface area (Å²) in [5.41, 5.74) is 8.27. The highest BCUT2D eigenvalue weighted by molar-refractivity contribution is 6.02. The molecular formula is C33H50N2. The summed E-state index contributed by atoms with van der Waals surface area (Å²) in [7, 11) is 0. The van der Waals surface area contributed by atoms with Gasteiger partial charge in [-0.25, -0.2) is 0 Å². The molecule has 192 valence electrons. The molecule has 0 heterocycles. The molecule has 35 heavy (non-hydrogen) atoms. The first-order valence-electron chi connectivity index (χ1n) is 14.9. The number of nitrogens with one attached hydrogen (secondary N) is 1. The lowest BCUT2D eigenvalue weighted by atomic mass is 9.47. The van der Waals surface area contributed by atoms with Crippen LogP contribution in [-0.2, 0) is 0 Å². The summed E-state index contributed by atoms with van der Waals surface area (Å²) in [6.07, 6.45) is 17.8. The van der Waals surface area contributed by atoms with Crippen molar-refractivity contribution in [3.05, 3.63) is 42.0 Å². The van der Waals surface area contributed by atoms with Gasteiger partial charge in [-0.15, -0.1) is 0 Å². The second-order valence-electron chi connectivity index (χ2n) is 13.6. The first-order valence-corrected chi connectivity index (χ1v) is 14.9. The Kier molecular flexibility index (Phi) is 7.21. The summed E-state index contributed by atoms with van der Waals surface area (Å²) in [5, 5.41) is 4.98. The Balaban J connectivity index is 1.33. The van der Waals surface area contributed by atoms with E-state index in [1.54, 1.807) is 5.57 Å². The van der Waals surface area contributed by atoms with Gasteiger partial charge in [0, 0.05) is 0 Å². The van der Waals surface area contributed by atoms with Gasteiger partial charge in [-0.05, 0) is 115 Å². The van der Waals surface area contributed by atoms with E-state index in [4.69, 9.17) is 5.10 Å². The number of anilines is 1. The molecule has 0 aromatic heterocycles. The SMILES string of the molecule is CC(C)CCCC(C)[C@H]1CCC2C3CC=C4/C(=N\Nc5ccccc5)CCCC4(C)C3CC[C@@]21C. The molecule has 3 fully saturated rings. The molecule has 0 radical (unpaired) electrons. The van der Waals surface area contributed by atoms with Gasteiger partial charge in [0.2, 0.25) is 0 Å². The summed E-state index contributed by atoms with van der Waals surface area (Å²) in [5.74, 6) is 5.34. The van der Waals surface area contributed by atoms with Gasteiger partial charge >= 0.3 is 0 Å². The summed E-state index contributed by atoms with van der Waals surface area (Å²) in [4.78, 5) is 0. The number of rotatable bonds is 7. The van der Waals surface area contributed by atoms with Crippen LogP contribution in [0, 0.1) is 46.3 Å². The molecule has 1 aromatic rings. The lowest BCUT2D eigenvalue weighted by Crippen LogP contribution is -2.51. The van der Waals surface area contributed by atoms with Gasteiger partial charge in [0.15, 0.2) is 0 Å². The van der Waals surface area contributed by atoms with Crippen LogP contribution in [0.5, 0.6) is 0 Å². The molecule has 1 aromatic carbocycles. The molecule has 2 heteroatoms. The molecule has 2 nitrogen and oxygen atoms in total. The number of hydrazone groups is 1. The molecular weight excluding hydrogens is 424 g/mol. The standard InChI is InChI=1S/C33H50N2/c1-23(2)11-9-12-24(3)27-18-19-28-26-16-17-30-31(35-34-25-13-7-6-8-14-25)15-10-21-32(30,4)29(26)20-22-33(27,28)5/h6-8,13-14,17,23-24,26-29,34H,9-12,15-16,18-22H2,1-5H3/b35-31-/t24?,26?,27-,28?,29?,32?,33-/m1/s1. The number of benzene rings is 1. The minimum absolute atomic E-state index is 0.320. The van der Waals surface area contributed by atoms with E-state index in [0.29, 0.717) is 10.8 Å². The van der Waals surface area contributed by atoms with E-state index in [-0.39, 0.29) is 0 Å². The third kappa shape index (κ3) is 4.64. The van der Waals surface area contributed by atoms with E-state index in [1.165, 1.54) is 69.9 Å². The Morgan fingerprint density at radius 2 is 1.77 bits per heavy atom. The minimum atomic E-state index is 0.320. The highest BCUT2D eigenvalue weighted by Crippen LogP contribution is 2.67. The third-order valence-corrected chi connectivity index (χ3v) is 11.2. The molecule has 4 aliphatic carbocycles. The van der Waals surface area contributed by atoms with Crippen molar-refractivity contribution in [1.82, 2.24) is 0 Å². The monoisotopic (exact) mass is 474 g/mol. The normalized spacial score (nSPS) is 38.5. The number of nitrogens with zero attached hydrogens (tertiary/aromatic N) is 1. The molecule has 0 spiro atoms. The number of hydrogen-bond donors (Lipinski definition) is 1. The van der Waals surface area contributed by atoms with Crippen molar-refractivity contribution < 1.29 is 0 Å². The fraction of sp³-hybridized carbons (Fsp3) is 0.727. The van der Waals surface area contributed by atoms with Crippen LogP contribution in [0.15, 0.2) is 47.1 Å². The average molecular weight is 475 g/mol. The van der Waals surface area contributed by atoms with E-state index in [9.17, 15) is 0 Å². The topological polar surface area (TPSA) is 24.4 Å². The number of hydrogen-bond acceptors (Lipinski definition) is 2. The molecule has 0 amide bonds. The molecule has 0 aliphatic heterocycles. The highest BCUT2D eigenvalue weighted by Gasteiger charge is 2.59.